The predicted molar refractivity (Wildman–Crippen MR) is 90.3 cm³/mol. The fourth-order valence-corrected chi connectivity index (χ4v) is 2.69. The van der Waals surface area contributed by atoms with Crippen molar-refractivity contribution in [2.75, 3.05) is 6.54 Å². The molecule has 0 aromatic heterocycles. The molecule has 1 aliphatic rings. The highest BCUT2D eigenvalue weighted by molar-refractivity contribution is 5.66. The van der Waals surface area contributed by atoms with Crippen molar-refractivity contribution in [3.8, 4) is 5.75 Å². The Bertz CT molecular complexity index is 607. The number of carbonyl (C=O) groups excluding carboxylic acids is 2. The van der Waals surface area contributed by atoms with Gasteiger partial charge in [-0.25, -0.2) is 4.79 Å². The molecule has 1 aliphatic heterocycles. The number of esters is 1. The van der Waals surface area contributed by atoms with Crippen LogP contribution < -0.4 is 5.32 Å². The molecule has 1 heterocycles. The van der Waals surface area contributed by atoms with Gasteiger partial charge in [0.25, 0.3) is 0 Å². The second-order valence-corrected chi connectivity index (χ2v) is 7.08. The van der Waals surface area contributed by atoms with Gasteiger partial charge in [0, 0.05) is 13.5 Å². The highest BCUT2D eigenvalue weighted by Gasteiger charge is 2.41. The maximum absolute atomic E-state index is 11.9. The van der Waals surface area contributed by atoms with Crippen LogP contribution in [0.1, 0.15) is 33.3 Å². The Morgan fingerprint density at radius 3 is 2.40 bits per heavy atom. The van der Waals surface area contributed by atoms with Crippen LogP contribution in [0.5, 0.6) is 5.75 Å². The summed E-state index contributed by atoms with van der Waals surface area (Å²) >= 11 is 0. The van der Waals surface area contributed by atoms with Crippen LogP contribution in [0.2, 0.25) is 0 Å². The van der Waals surface area contributed by atoms with Crippen molar-refractivity contribution in [3.05, 3.63) is 29.8 Å². The number of benzene rings is 1. The highest BCUT2D eigenvalue weighted by atomic mass is 16.7. The Morgan fingerprint density at radius 2 is 1.84 bits per heavy atom. The number of hydrogen-bond acceptors (Lipinski definition) is 7. The smallest absolute Gasteiger partial charge is 0.508 e. The van der Waals surface area contributed by atoms with E-state index >= 15 is 0 Å². The molecular weight excluding hydrogens is 326 g/mol. The van der Waals surface area contributed by atoms with Crippen LogP contribution in [0.4, 0.5) is 4.79 Å². The largest absolute Gasteiger partial charge is 0.509 e. The standard InChI is InChI=1S/C18H25NO6/c1-11(20)23-16-14(9-12-5-7-13(21)8-6-12)19-10-15(16)24-17(22)25-18(2,3)4/h5-8,14-16,19,21H,9-10H2,1-4H3/t14-,15+,16+/m1/s1. The maximum Gasteiger partial charge on any atom is 0.509 e. The van der Waals surface area contributed by atoms with Gasteiger partial charge in [0.2, 0.25) is 0 Å². The van der Waals surface area contributed by atoms with E-state index in [1.54, 1.807) is 45.0 Å². The minimum absolute atomic E-state index is 0.186. The molecular formula is C18H25NO6. The second kappa shape index (κ2) is 7.74. The first-order chi connectivity index (χ1) is 11.6. The quantitative estimate of drug-likeness (QED) is 0.803. The third-order valence-corrected chi connectivity index (χ3v) is 3.68. The fourth-order valence-electron chi connectivity index (χ4n) is 2.69. The van der Waals surface area contributed by atoms with E-state index in [-0.39, 0.29) is 11.8 Å². The normalized spacial score (nSPS) is 23.1. The van der Waals surface area contributed by atoms with Crippen molar-refractivity contribution in [3.63, 3.8) is 0 Å². The zero-order chi connectivity index (χ0) is 18.6. The molecule has 7 nitrogen and oxygen atoms in total. The Kier molecular flexibility index (Phi) is 5.89. The average Bonchev–Trinajstić information content (AvgIpc) is 2.81. The number of nitrogens with one attached hydrogen (secondary N) is 1. The summed E-state index contributed by atoms with van der Waals surface area (Å²) in [7, 11) is 0. The summed E-state index contributed by atoms with van der Waals surface area (Å²) in [6.07, 6.45) is -1.46. The molecule has 0 radical (unpaired) electrons. The summed E-state index contributed by atoms with van der Waals surface area (Å²) < 4.78 is 15.9. The van der Waals surface area contributed by atoms with Crippen molar-refractivity contribution in [2.24, 2.45) is 0 Å². The van der Waals surface area contributed by atoms with Gasteiger partial charge in [-0.3, -0.25) is 4.79 Å². The molecule has 0 spiro atoms. The van der Waals surface area contributed by atoms with Gasteiger partial charge in [0.05, 0.1) is 6.04 Å². The first-order valence-electron chi connectivity index (χ1n) is 8.22. The van der Waals surface area contributed by atoms with Gasteiger partial charge in [0.15, 0.2) is 12.2 Å². The van der Waals surface area contributed by atoms with Gasteiger partial charge in [-0.2, -0.15) is 0 Å². The van der Waals surface area contributed by atoms with Gasteiger partial charge in [0.1, 0.15) is 11.4 Å². The lowest BCUT2D eigenvalue weighted by Gasteiger charge is -2.25. The van der Waals surface area contributed by atoms with Crippen LogP contribution in [0, 0.1) is 0 Å². The van der Waals surface area contributed by atoms with E-state index in [1.807, 2.05) is 0 Å². The lowest BCUT2D eigenvalue weighted by atomic mass is 10.0. The van der Waals surface area contributed by atoms with E-state index in [2.05, 4.69) is 5.32 Å². The first kappa shape index (κ1) is 19.1. The van der Waals surface area contributed by atoms with E-state index in [0.29, 0.717) is 13.0 Å². The van der Waals surface area contributed by atoms with E-state index in [0.717, 1.165) is 5.56 Å². The molecule has 25 heavy (non-hydrogen) atoms. The topological polar surface area (TPSA) is 94.1 Å². The van der Waals surface area contributed by atoms with Gasteiger partial charge >= 0.3 is 12.1 Å². The number of carbonyl (C=O) groups is 2. The summed E-state index contributed by atoms with van der Waals surface area (Å²) in [5.41, 5.74) is 0.302. The summed E-state index contributed by atoms with van der Waals surface area (Å²) in [6.45, 7) is 6.93. The molecule has 3 atom stereocenters. The van der Waals surface area contributed by atoms with Gasteiger partial charge in [-0.15, -0.1) is 0 Å². The van der Waals surface area contributed by atoms with Crippen molar-refractivity contribution in [2.45, 2.75) is 58.0 Å². The van der Waals surface area contributed by atoms with Crippen LogP contribution in [-0.2, 0) is 25.4 Å². The molecule has 2 N–H and O–H groups in total. The summed E-state index contributed by atoms with van der Waals surface area (Å²) in [5, 5.41) is 12.6. The maximum atomic E-state index is 11.9. The third kappa shape index (κ3) is 5.94. The SMILES string of the molecule is CC(=O)O[C@@H]1[C@@H](OC(=O)OC(C)(C)C)CN[C@@H]1Cc1ccc(O)cc1. The Hall–Kier alpha value is -2.28. The fraction of sp³-hybridized carbons (Fsp3) is 0.556. The van der Waals surface area contributed by atoms with E-state index in [4.69, 9.17) is 14.2 Å². The number of ether oxygens (including phenoxy) is 3. The Morgan fingerprint density at radius 1 is 1.20 bits per heavy atom. The molecule has 138 valence electrons. The zero-order valence-electron chi connectivity index (χ0n) is 14.9. The van der Waals surface area contributed by atoms with Crippen LogP contribution in [0.3, 0.4) is 0 Å². The second-order valence-electron chi connectivity index (χ2n) is 7.08. The molecule has 0 aliphatic carbocycles. The van der Waals surface area contributed by atoms with Gasteiger partial charge in [-0.05, 0) is 44.9 Å². The lowest BCUT2D eigenvalue weighted by Crippen LogP contribution is -2.40. The third-order valence-electron chi connectivity index (χ3n) is 3.68. The molecule has 0 bridgehead atoms. The van der Waals surface area contributed by atoms with Crippen LogP contribution in [0.25, 0.3) is 0 Å². The molecule has 0 amide bonds. The number of phenols is 1. The van der Waals surface area contributed by atoms with E-state index in [9.17, 15) is 14.7 Å². The van der Waals surface area contributed by atoms with Crippen LogP contribution in [-0.4, -0.2) is 47.6 Å². The first-order valence-corrected chi connectivity index (χ1v) is 8.22. The predicted octanol–water partition coefficient (Wildman–Crippen LogP) is 2.16. The van der Waals surface area contributed by atoms with Crippen molar-refractivity contribution in [1.29, 1.82) is 0 Å². The van der Waals surface area contributed by atoms with E-state index in [1.165, 1.54) is 6.92 Å². The highest BCUT2D eigenvalue weighted by Crippen LogP contribution is 2.22. The zero-order valence-corrected chi connectivity index (χ0v) is 14.9. The van der Waals surface area contributed by atoms with E-state index < -0.39 is 29.9 Å². The molecule has 1 fully saturated rings. The lowest BCUT2D eigenvalue weighted by molar-refractivity contribution is -0.152. The summed E-state index contributed by atoms with van der Waals surface area (Å²) in [5.74, 6) is -0.256. The van der Waals surface area contributed by atoms with Crippen LogP contribution in [0.15, 0.2) is 24.3 Å². The van der Waals surface area contributed by atoms with Gasteiger partial charge in [-0.1, -0.05) is 12.1 Å². The molecule has 1 aromatic carbocycles. The molecule has 1 saturated heterocycles. The molecule has 0 saturated carbocycles. The Labute approximate surface area is 147 Å². The summed E-state index contributed by atoms with van der Waals surface area (Å²) in [4.78, 5) is 23.4. The number of aromatic hydroxyl groups is 1. The van der Waals surface area contributed by atoms with Crippen molar-refractivity contribution >= 4 is 12.1 Å². The summed E-state index contributed by atoms with van der Waals surface area (Å²) in [6, 6.07) is 6.58. The average molecular weight is 351 g/mol. The van der Waals surface area contributed by atoms with Crippen molar-refractivity contribution in [1.82, 2.24) is 5.32 Å². The molecule has 7 heteroatoms. The molecule has 1 aromatic rings. The minimum Gasteiger partial charge on any atom is -0.508 e. The number of phenolic OH excluding ortho intramolecular Hbond substituents is 1. The molecule has 2 rings (SSSR count). The molecule has 0 unspecified atom stereocenters. The van der Waals surface area contributed by atoms with Crippen molar-refractivity contribution < 1.29 is 28.9 Å². The van der Waals surface area contributed by atoms with Gasteiger partial charge < -0.3 is 24.6 Å². The number of rotatable bonds is 4. The Balaban J connectivity index is 2.04. The van der Waals surface area contributed by atoms with Crippen LogP contribution >= 0.6 is 0 Å². The minimum atomic E-state index is -0.790. The number of hydrogen-bond donors (Lipinski definition) is 2. The monoisotopic (exact) mass is 351 g/mol.